The van der Waals surface area contributed by atoms with E-state index >= 15 is 0 Å². The fourth-order valence-corrected chi connectivity index (χ4v) is 1.86. The minimum absolute atomic E-state index is 0.404. The zero-order chi connectivity index (χ0) is 12.1. The maximum atomic E-state index is 9.75. The topological polar surface area (TPSA) is 23.5 Å². The Labute approximate surface area is 98.9 Å². The summed E-state index contributed by atoms with van der Waals surface area (Å²) < 4.78 is 0. The summed E-state index contributed by atoms with van der Waals surface area (Å²) in [7, 11) is 2.11. The van der Waals surface area contributed by atoms with Crippen molar-refractivity contribution in [3.8, 4) is 5.75 Å². The molecule has 1 aromatic carbocycles. The second-order valence-corrected chi connectivity index (χ2v) is 4.84. The van der Waals surface area contributed by atoms with Crippen molar-refractivity contribution in [2.75, 3.05) is 13.6 Å². The smallest absolute Gasteiger partial charge is 0.120 e. The third-order valence-electron chi connectivity index (χ3n) is 3.00. The molecule has 0 bridgehead atoms. The number of aryl methyl sites for hydroxylation is 1. The van der Waals surface area contributed by atoms with Gasteiger partial charge in [0.25, 0.3) is 0 Å². The first-order valence-electron chi connectivity index (χ1n) is 6.00. The molecule has 0 aromatic heterocycles. The van der Waals surface area contributed by atoms with E-state index in [2.05, 4.69) is 38.8 Å². The number of benzene rings is 1. The molecule has 0 amide bonds. The monoisotopic (exact) mass is 221 g/mol. The highest BCUT2D eigenvalue weighted by Gasteiger charge is 2.08. The zero-order valence-corrected chi connectivity index (χ0v) is 10.8. The van der Waals surface area contributed by atoms with E-state index in [1.165, 1.54) is 12.0 Å². The molecule has 1 aromatic rings. The van der Waals surface area contributed by atoms with Gasteiger partial charge >= 0.3 is 0 Å². The Bertz CT molecular complexity index is 336. The van der Waals surface area contributed by atoms with Crippen molar-refractivity contribution in [1.29, 1.82) is 0 Å². The van der Waals surface area contributed by atoms with Crippen molar-refractivity contribution in [2.45, 2.75) is 33.7 Å². The van der Waals surface area contributed by atoms with Gasteiger partial charge in [0.2, 0.25) is 0 Å². The Morgan fingerprint density at radius 3 is 2.69 bits per heavy atom. The molecule has 1 rings (SSSR count). The normalized spacial score (nSPS) is 13.1. The lowest BCUT2D eigenvalue weighted by atomic mass is 10.1. The molecule has 2 nitrogen and oxygen atoms in total. The predicted molar refractivity (Wildman–Crippen MR) is 68.6 cm³/mol. The summed E-state index contributed by atoms with van der Waals surface area (Å²) in [6.45, 7) is 8.41. The molecule has 16 heavy (non-hydrogen) atoms. The molecule has 2 heteroatoms. The standard InChI is InChI=1S/C14H23NO/c1-5-11(2)9-15(4)10-13-8-12(3)6-7-14(13)16/h6-8,11,16H,5,9-10H2,1-4H3. The lowest BCUT2D eigenvalue weighted by Gasteiger charge is -2.21. The predicted octanol–water partition coefficient (Wildman–Crippen LogP) is 3.18. The molecule has 0 radical (unpaired) electrons. The van der Waals surface area contributed by atoms with Crippen LogP contribution in [0.2, 0.25) is 0 Å². The first kappa shape index (κ1) is 13.0. The molecular weight excluding hydrogens is 198 g/mol. The van der Waals surface area contributed by atoms with Crippen LogP contribution in [0.5, 0.6) is 5.75 Å². The molecule has 0 aliphatic carbocycles. The highest BCUT2D eigenvalue weighted by atomic mass is 16.3. The van der Waals surface area contributed by atoms with Crippen LogP contribution < -0.4 is 0 Å². The molecule has 90 valence electrons. The largest absolute Gasteiger partial charge is 0.508 e. The van der Waals surface area contributed by atoms with Gasteiger partial charge in [0.05, 0.1) is 0 Å². The third-order valence-corrected chi connectivity index (χ3v) is 3.00. The molecule has 0 saturated carbocycles. The fourth-order valence-electron chi connectivity index (χ4n) is 1.86. The Hall–Kier alpha value is -1.02. The molecule has 0 aliphatic heterocycles. The van der Waals surface area contributed by atoms with E-state index in [4.69, 9.17) is 0 Å². The first-order valence-corrected chi connectivity index (χ1v) is 6.00. The zero-order valence-electron chi connectivity index (χ0n) is 10.8. The Morgan fingerprint density at radius 1 is 1.38 bits per heavy atom. The molecular formula is C14H23NO. The van der Waals surface area contributed by atoms with Gasteiger partial charge in [-0.3, -0.25) is 0 Å². The average molecular weight is 221 g/mol. The van der Waals surface area contributed by atoms with Crippen molar-refractivity contribution in [1.82, 2.24) is 4.90 Å². The molecule has 1 unspecified atom stereocenters. The van der Waals surface area contributed by atoms with Gasteiger partial charge in [-0.2, -0.15) is 0 Å². The maximum absolute atomic E-state index is 9.75. The Kier molecular flexibility index (Phi) is 4.81. The Balaban J connectivity index is 2.61. The lowest BCUT2D eigenvalue weighted by Crippen LogP contribution is -2.23. The molecule has 0 spiro atoms. The van der Waals surface area contributed by atoms with Gasteiger partial charge in [-0.15, -0.1) is 0 Å². The van der Waals surface area contributed by atoms with Gasteiger partial charge in [-0.25, -0.2) is 0 Å². The van der Waals surface area contributed by atoms with Crippen molar-refractivity contribution >= 4 is 0 Å². The average Bonchev–Trinajstić information content (AvgIpc) is 2.23. The van der Waals surface area contributed by atoms with E-state index in [-0.39, 0.29) is 0 Å². The van der Waals surface area contributed by atoms with Crippen molar-refractivity contribution in [3.05, 3.63) is 29.3 Å². The van der Waals surface area contributed by atoms with Gasteiger partial charge in [-0.1, -0.05) is 38.0 Å². The van der Waals surface area contributed by atoms with Crippen LogP contribution in [-0.4, -0.2) is 23.6 Å². The molecule has 0 heterocycles. The number of rotatable bonds is 5. The van der Waals surface area contributed by atoms with E-state index in [1.54, 1.807) is 6.07 Å². The highest BCUT2D eigenvalue weighted by Crippen LogP contribution is 2.20. The first-order chi connectivity index (χ1) is 7.52. The number of hydrogen-bond donors (Lipinski definition) is 1. The van der Waals surface area contributed by atoms with E-state index in [0.717, 1.165) is 18.7 Å². The van der Waals surface area contributed by atoms with Crippen molar-refractivity contribution in [2.24, 2.45) is 5.92 Å². The molecule has 0 aliphatic rings. The number of hydrogen-bond acceptors (Lipinski definition) is 2. The number of phenolic OH excluding ortho intramolecular Hbond substituents is 1. The SMILES string of the molecule is CCC(C)CN(C)Cc1cc(C)ccc1O. The summed E-state index contributed by atoms with van der Waals surface area (Å²) in [6.07, 6.45) is 1.20. The van der Waals surface area contributed by atoms with E-state index in [9.17, 15) is 5.11 Å². The lowest BCUT2D eigenvalue weighted by molar-refractivity contribution is 0.271. The van der Waals surface area contributed by atoms with Crippen LogP contribution in [-0.2, 0) is 6.54 Å². The molecule has 0 fully saturated rings. The molecule has 1 atom stereocenters. The summed E-state index contributed by atoms with van der Waals surface area (Å²) in [5.74, 6) is 1.11. The van der Waals surface area contributed by atoms with Crippen LogP contribution >= 0.6 is 0 Å². The van der Waals surface area contributed by atoms with E-state index in [0.29, 0.717) is 11.7 Å². The maximum Gasteiger partial charge on any atom is 0.120 e. The highest BCUT2D eigenvalue weighted by molar-refractivity contribution is 5.35. The molecule has 1 N–H and O–H groups in total. The third kappa shape index (κ3) is 3.86. The molecule has 0 saturated heterocycles. The number of aromatic hydroxyl groups is 1. The van der Waals surface area contributed by atoms with Gasteiger partial charge in [-0.05, 0) is 26.0 Å². The quantitative estimate of drug-likeness (QED) is 0.825. The van der Waals surface area contributed by atoms with Crippen LogP contribution in [0.3, 0.4) is 0 Å². The minimum atomic E-state index is 0.404. The summed E-state index contributed by atoms with van der Waals surface area (Å²) in [5, 5.41) is 9.75. The van der Waals surface area contributed by atoms with Crippen LogP contribution in [0.25, 0.3) is 0 Å². The van der Waals surface area contributed by atoms with Crippen LogP contribution in [0.15, 0.2) is 18.2 Å². The summed E-state index contributed by atoms with van der Waals surface area (Å²) in [6, 6.07) is 5.78. The van der Waals surface area contributed by atoms with Gasteiger partial charge < -0.3 is 10.0 Å². The van der Waals surface area contributed by atoms with Gasteiger partial charge in [0, 0.05) is 18.7 Å². The van der Waals surface area contributed by atoms with Gasteiger partial charge in [0.1, 0.15) is 5.75 Å². The fraction of sp³-hybridized carbons (Fsp3) is 0.571. The summed E-state index contributed by atoms with van der Waals surface area (Å²) >= 11 is 0. The van der Waals surface area contributed by atoms with Crippen molar-refractivity contribution < 1.29 is 5.11 Å². The van der Waals surface area contributed by atoms with Crippen LogP contribution in [0, 0.1) is 12.8 Å². The van der Waals surface area contributed by atoms with Crippen molar-refractivity contribution in [3.63, 3.8) is 0 Å². The van der Waals surface area contributed by atoms with Crippen LogP contribution in [0.4, 0.5) is 0 Å². The number of nitrogens with zero attached hydrogens (tertiary/aromatic N) is 1. The number of phenols is 1. The minimum Gasteiger partial charge on any atom is -0.508 e. The second-order valence-electron chi connectivity index (χ2n) is 4.84. The summed E-state index contributed by atoms with van der Waals surface area (Å²) in [5.41, 5.74) is 2.22. The Morgan fingerprint density at radius 2 is 2.06 bits per heavy atom. The van der Waals surface area contributed by atoms with E-state index in [1.807, 2.05) is 6.07 Å². The van der Waals surface area contributed by atoms with E-state index < -0.39 is 0 Å². The van der Waals surface area contributed by atoms with Gasteiger partial charge in [0.15, 0.2) is 0 Å². The summed E-state index contributed by atoms with van der Waals surface area (Å²) in [4.78, 5) is 2.27. The van der Waals surface area contributed by atoms with Crippen LogP contribution in [0.1, 0.15) is 31.4 Å². The second kappa shape index (κ2) is 5.90.